The molecule has 1 aromatic carbocycles. The Labute approximate surface area is 104 Å². The Kier molecular flexibility index (Phi) is 2.76. The van der Waals surface area contributed by atoms with Gasteiger partial charge in [-0.15, -0.1) is 5.10 Å². The van der Waals surface area contributed by atoms with Gasteiger partial charge < -0.3 is 5.32 Å². The summed E-state index contributed by atoms with van der Waals surface area (Å²) in [5, 5.41) is 13.9. The van der Waals surface area contributed by atoms with E-state index in [-0.39, 0.29) is 11.8 Å². The molecule has 3 rings (SSSR count). The van der Waals surface area contributed by atoms with Crippen LogP contribution in [0.5, 0.6) is 0 Å². The first-order valence-corrected chi connectivity index (χ1v) is 5.97. The lowest BCUT2D eigenvalue weighted by atomic mass is 9.85. The third-order valence-electron chi connectivity index (χ3n) is 3.20. The van der Waals surface area contributed by atoms with Crippen LogP contribution in [-0.2, 0) is 4.79 Å². The monoisotopic (exact) mass is 243 g/mol. The topological polar surface area (TPSA) is 72.7 Å². The fraction of sp³-hybridized carbons (Fsp3) is 0.333. The lowest BCUT2D eigenvalue weighted by Gasteiger charge is -2.24. The van der Waals surface area contributed by atoms with Gasteiger partial charge >= 0.3 is 0 Å². The second-order valence-electron chi connectivity index (χ2n) is 4.42. The van der Waals surface area contributed by atoms with Crippen molar-refractivity contribution in [3.05, 3.63) is 30.6 Å². The highest BCUT2D eigenvalue weighted by atomic mass is 16.1. The highest BCUT2D eigenvalue weighted by Gasteiger charge is 2.25. The van der Waals surface area contributed by atoms with Crippen molar-refractivity contribution >= 4 is 11.6 Å². The molecule has 0 radical (unpaired) electrons. The minimum atomic E-state index is 0.107. The summed E-state index contributed by atoms with van der Waals surface area (Å²) in [6, 6.07) is 7.47. The van der Waals surface area contributed by atoms with Gasteiger partial charge in [0.05, 0.1) is 5.69 Å². The van der Waals surface area contributed by atoms with E-state index in [4.69, 9.17) is 0 Å². The average Bonchev–Trinajstić information content (AvgIpc) is 2.80. The molecule has 0 aliphatic heterocycles. The van der Waals surface area contributed by atoms with Crippen LogP contribution in [0.2, 0.25) is 0 Å². The highest BCUT2D eigenvalue weighted by molar-refractivity contribution is 5.93. The first kappa shape index (κ1) is 10.9. The molecule has 1 amide bonds. The van der Waals surface area contributed by atoms with Crippen molar-refractivity contribution in [2.75, 3.05) is 5.32 Å². The number of hydrogen-bond acceptors (Lipinski definition) is 4. The number of tetrazole rings is 1. The van der Waals surface area contributed by atoms with Crippen LogP contribution in [0.4, 0.5) is 5.69 Å². The van der Waals surface area contributed by atoms with E-state index in [2.05, 4.69) is 20.8 Å². The highest BCUT2D eigenvalue weighted by Crippen LogP contribution is 2.27. The van der Waals surface area contributed by atoms with E-state index >= 15 is 0 Å². The summed E-state index contributed by atoms with van der Waals surface area (Å²) in [6.45, 7) is 0. The number of carbonyl (C=O) groups is 1. The van der Waals surface area contributed by atoms with Gasteiger partial charge in [-0.2, -0.15) is 0 Å². The zero-order valence-electron chi connectivity index (χ0n) is 9.78. The van der Waals surface area contributed by atoms with Gasteiger partial charge in [0, 0.05) is 11.6 Å². The minimum absolute atomic E-state index is 0.107. The summed E-state index contributed by atoms with van der Waals surface area (Å²) in [4.78, 5) is 11.8. The molecule has 0 bridgehead atoms. The van der Waals surface area contributed by atoms with Gasteiger partial charge in [0.25, 0.3) is 0 Å². The number of carbonyl (C=O) groups excluding carboxylic acids is 1. The molecule has 1 fully saturated rings. The molecule has 1 aliphatic carbocycles. The zero-order valence-corrected chi connectivity index (χ0v) is 9.78. The maximum atomic E-state index is 11.8. The molecule has 6 heteroatoms. The molecule has 6 nitrogen and oxygen atoms in total. The van der Waals surface area contributed by atoms with Crippen LogP contribution in [0.25, 0.3) is 5.69 Å². The molecule has 1 aliphatic rings. The first-order valence-electron chi connectivity index (χ1n) is 5.97. The molecular formula is C12H13N5O. The van der Waals surface area contributed by atoms with Crippen molar-refractivity contribution in [2.24, 2.45) is 5.92 Å². The predicted octanol–water partition coefficient (Wildman–Crippen LogP) is 1.40. The van der Waals surface area contributed by atoms with E-state index in [1.165, 1.54) is 6.33 Å². The molecule has 18 heavy (non-hydrogen) atoms. The molecule has 92 valence electrons. The number of hydrogen-bond donors (Lipinski definition) is 1. The number of anilines is 1. The van der Waals surface area contributed by atoms with E-state index in [0.29, 0.717) is 0 Å². The van der Waals surface area contributed by atoms with E-state index in [0.717, 1.165) is 30.6 Å². The predicted molar refractivity (Wildman–Crippen MR) is 65.1 cm³/mol. The van der Waals surface area contributed by atoms with E-state index < -0.39 is 0 Å². The third-order valence-corrected chi connectivity index (χ3v) is 3.20. The normalized spacial score (nSPS) is 15.1. The Bertz CT molecular complexity index is 547. The van der Waals surface area contributed by atoms with E-state index in [9.17, 15) is 4.79 Å². The van der Waals surface area contributed by atoms with Crippen molar-refractivity contribution in [3.63, 3.8) is 0 Å². The lowest BCUT2D eigenvalue weighted by Crippen LogP contribution is -2.28. The standard InChI is InChI=1S/C12H13N5O/c18-12(9-3-1-4-9)14-10-5-2-6-11(7-10)17-8-13-15-16-17/h2,5-9H,1,3-4H2,(H,14,18). The van der Waals surface area contributed by atoms with Crippen LogP contribution in [0.15, 0.2) is 30.6 Å². The van der Waals surface area contributed by atoms with Crippen LogP contribution in [0.1, 0.15) is 19.3 Å². The molecule has 0 unspecified atom stereocenters. The molecule has 1 heterocycles. The smallest absolute Gasteiger partial charge is 0.227 e. The summed E-state index contributed by atoms with van der Waals surface area (Å²) < 4.78 is 1.55. The van der Waals surface area contributed by atoms with Crippen LogP contribution >= 0.6 is 0 Å². The van der Waals surface area contributed by atoms with Gasteiger partial charge in [0.2, 0.25) is 5.91 Å². The Morgan fingerprint density at radius 1 is 1.39 bits per heavy atom. The maximum Gasteiger partial charge on any atom is 0.227 e. The largest absolute Gasteiger partial charge is 0.326 e. The third kappa shape index (κ3) is 2.09. The van der Waals surface area contributed by atoms with Crippen molar-refractivity contribution in [2.45, 2.75) is 19.3 Å². The number of amides is 1. The van der Waals surface area contributed by atoms with Crippen LogP contribution in [0, 0.1) is 5.92 Å². The SMILES string of the molecule is O=C(Nc1cccc(-n2cnnn2)c1)C1CCC1. The van der Waals surface area contributed by atoms with Gasteiger partial charge in [-0.05, 0) is 41.5 Å². The summed E-state index contributed by atoms with van der Waals surface area (Å²) in [5.74, 6) is 0.289. The second-order valence-corrected chi connectivity index (χ2v) is 4.42. The van der Waals surface area contributed by atoms with Crippen molar-refractivity contribution in [1.82, 2.24) is 20.2 Å². The Morgan fingerprint density at radius 2 is 2.28 bits per heavy atom. The van der Waals surface area contributed by atoms with Gasteiger partial charge in [-0.1, -0.05) is 12.5 Å². The Hall–Kier alpha value is -2.24. The number of rotatable bonds is 3. The average molecular weight is 243 g/mol. The molecule has 1 N–H and O–H groups in total. The lowest BCUT2D eigenvalue weighted by molar-refractivity contribution is -0.122. The summed E-state index contributed by atoms with van der Waals surface area (Å²) in [5.41, 5.74) is 1.60. The molecule has 1 saturated carbocycles. The Balaban J connectivity index is 1.76. The molecule has 0 saturated heterocycles. The summed E-state index contributed by atoms with van der Waals surface area (Å²) in [7, 11) is 0. The minimum Gasteiger partial charge on any atom is -0.326 e. The zero-order chi connectivity index (χ0) is 12.4. The van der Waals surface area contributed by atoms with Gasteiger partial charge in [-0.25, -0.2) is 4.68 Å². The molecule has 0 atom stereocenters. The Morgan fingerprint density at radius 3 is 2.94 bits per heavy atom. The number of nitrogens with zero attached hydrogens (tertiary/aromatic N) is 4. The summed E-state index contributed by atoms with van der Waals surface area (Å²) in [6.07, 6.45) is 4.67. The summed E-state index contributed by atoms with van der Waals surface area (Å²) >= 11 is 0. The second kappa shape index (κ2) is 4.56. The number of aromatic nitrogens is 4. The van der Waals surface area contributed by atoms with Crippen molar-refractivity contribution in [3.8, 4) is 5.69 Å². The maximum absolute atomic E-state index is 11.8. The molecule has 1 aromatic heterocycles. The van der Waals surface area contributed by atoms with Gasteiger partial charge in [0.1, 0.15) is 6.33 Å². The fourth-order valence-corrected chi connectivity index (χ4v) is 1.92. The van der Waals surface area contributed by atoms with E-state index in [1.54, 1.807) is 4.68 Å². The van der Waals surface area contributed by atoms with Crippen LogP contribution in [-0.4, -0.2) is 26.1 Å². The fourth-order valence-electron chi connectivity index (χ4n) is 1.92. The molecule has 2 aromatic rings. The number of benzene rings is 1. The van der Waals surface area contributed by atoms with Gasteiger partial charge in [0.15, 0.2) is 0 Å². The quantitative estimate of drug-likeness (QED) is 0.884. The first-order chi connectivity index (χ1) is 8.83. The van der Waals surface area contributed by atoms with Gasteiger partial charge in [-0.3, -0.25) is 4.79 Å². The van der Waals surface area contributed by atoms with Crippen LogP contribution in [0.3, 0.4) is 0 Å². The van der Waals surface area contributed by atoms with Crippen LogP contribution < -0.4 is 5.32 Å². The van der Waals surface area contributed by atoms with E-state index in [1.807, 2.05) is 24.3 Å². The molecular weight excluding hydrogens is 230 g/mol. The number of nitrogens with one attached hydrogen (secondary N) is 1. The van der Waals surface area contributed by atoms with Crippen molar-refractivity contribution in [1.29, 1.82) is 0 Å². The van der Waals surface area contributed by atoms with Crippen molar-refractivity contribution < 1.29 is 4.79 Å². The molecule has 0 spiro atoms.